The second kappa shape index (κ2) is 5.89. The zero-order chi connectivity index (χ0) is 13.3. The van der Waals surface area contributed by atoms with Crippen molar-refractivity contribution in [3.8, 4) is 0 Å². The molecular formula is C10H14ClF3N4O. The fourth-order valence-corrected chi connectivity index (χ4v) is 1.76. The molecule has 1 aliphatic rings. The predicted molar refractivity (Wildman–Crippen MR) is 65.1 cm³/mol. The highest BCUT2D eigenvalue weighted by Gasteiger charge is 2.32. The highest BCUT2D eigenvalue weighted by atomic mass is 35.5. The Hall–Kier alpha value is -1.12. The van der Waals surface area contributed by atoms with E-state index in [9.17, 15) is 18.3 Å². The molecular weight excluding hydrogens is 285 g/mol. The number of hydrogen-bond donors (Lipinski definition) is 2. The van der Waals surface area contributed by atoms with Crippen LogP contribution in [0.25, 0.3) is 0 Å². The standard InChI is InChI=1S/C10H13F3N4O.ClH/c11-10(12,13)6-3-15-9(16-4-6)17-2-1-7(14)8(18)5-17;/h3-4,7-8,18H,1-2,5,14H2;1H/t7-,8+;/m1./s1. The number of aliphatic hydroxyl groups is 1. The minimum atomic E-state index is -4.44. The Morgan fingerprint density at radius 1 is 1.32 bits per heavy atom. The number of aliphatic hydroxyl groups excluding tert-OH is 1. The molecule has 0 saturated carbocycles. The van der Waals surface area contributed by atoms with E-state index in [1.54, 1.807) is 4.90 Å². The number of piperidine rings is 1. The summed E-state index contributed by atoms with van der Waals surface area (Å²) in [5.41, 5.74) is 4.75. The summed E-state index contributed by atoms with van der Waals surface area (Å²) in [7, 11) is 0. The Morgan fingerprint density at radius 3 is 2.37 bits per heavy atom. The third kappa shape index (κ3) is 3.68. The van der Waals surface area contributed by atoms with Crippen LogP contribution in [0.1, 0.15) is 12.0 Å². The first-order valence-electron chi connectivity index (χ1n) is 5.46. The van der Waals surface area contributed by atoms with Crippen molar-refractivity contribution in [3.05, 3.63) is 18.0 Å². The molecule has 2 heterocycles. The Bertz CT molecular complexity index is 414. The number of halogens is 4. The average Bonchev–Trinajstić information content (AvgIpc) is 2.32. The molecule has 0 amide bonds. The summed E-state index contributed by atoms with van der Waals surface area (Å²) in [6.07, 6.45) is -3.13. The summed E-state index contributed by atoms with van der Waals surface area (Å²) in [5.74, 6) is 0.175. The first-order valence-corrected chi connectivity index (χ1v) is 5.46. The van der Waals surface area contributed by atoms with Crippen molar-refractivity contribution in [2.24, 2.45) is 5.73 Å². The molecule has 108 valence electrons. The van der Waals surface area contributed by atoms with Gasteiger partial charge in [-0.2, -0.15) is 13.2 Å². The minimum absolute atomic E-state index is 0. The Labute approximate surface area is 114 Å². The van der Waals surface area contributed by atoms with Crippen LogP contribution in [-0.4, -0.2) is 40.3 Å². The van der Waals surface area contributed by atoms with Crippen molar-refractivity contribution in [1.82, 2.24) is 9.97 Å². The lowest BCUT2D eigenvalue weighted by molar-refractivity contribution is -0.138. The molecule has 3 N–H and O–H groups in total. The maximum atomic E-state index is 12.3. The van der Waals surface area contributed by atoms with Gasteiger partial charge in [-0.25, -0.2) is 9.97 Å². The van der Waals surface area contributed by atoms with Gasteiger partial charge >= 0.3 is 6.18 Å². The summed E-state index contributed by atoms with van der Waals surface area (Å²) >= 11 is 0. The fraction of sp³-hybridized carbons (Fsp3) is 0.600. The Kier molecular flexibility index (Phi) is 4.94. The normalized spacial score (nSPS) is 23.9. The second-order valence-electron chi connectivity index (χ2n) is 4.24. The molecule has 0 spiro atoms. The van der Waals surface area contributed by atoms with Gasteiger partial charge in [-0.15, -0.1) is 12.4 Å². The zero-order valence-electron chi connectivity index (χ0n) is 9.84. The molecule has 0 bridgehead atoms. The van der Waals surface area contributed by atoms with E-state index >= 15 is 0 Å². The van der Waals surface area contributed by atoms with Gasteiger partial charge in [0.2, 0.25) is 5.95 Å². The van der Waals surface area contributed by atoms with E-state index < -0.39 is 17.8 Å². The van der Waals surface area contributed by atoms with Crippen LogP contribution in [0.2, 0.25) is 0 Å². The molecule has 1 saturated heterocycles. The largest absolute Gasteiger partial charge is 0.419 e. The van der Waals surface area contributed by atoms with E-state index in [0.29, 0.717) is 13.0 Å². The van der Waals surface area contributed by atoms with E-state index in [1.165, 1.54) is 0 Å². The van der Waals surface area contributed by atoms with E-state index in [-0.39, 0.29) is 30.9 Å². The number of aromatic nitrogens is 2. The lowest BCUT2D eigenvalue weighted by Crippen LogP contribution is -2.51. The van der Waals surface area contributed by atoms with Crippen molar-refractivity contribution >= 4 is 18.4 Å². The lowest BCUT2D eigenvalue weighted by Gasteiger charge is -2.33. The highest BCUT2D eigenvalue weighted by molar-refractivity contribution is 5.85. The number of hydrogen-bond acceptors (Lipinski definition) is 5. The van der Waals surface area contributed by atoms with Crippen LogP contribution in [0.3, 0.4) is 0 Å². The quantitative estimate of drug-likeness (QED) is 0.803. The van der Waals surface area contributed by atoms with Crippen molar-refractivity contribution < 1.29 is 18.3 Å². The maximum absolute atomic E-state index is 12.3. The highest BCUT2D eigenvalue weighted by Crippen LogP contribution is 2.28. The lowest BCUT2D eigenvalue weighted by atomic mass is 10.0. The first-order chi connectivity index (χ1) is 8.38. The molecule has 2 rings (SSSR count). The number of anilines is 1. The van der Waals surface area contributed by atoms with Crippen molar-refractivity contribution in [2.75, 3.05) is 18.0 Å². The van der Waals surface area contributed by atoms with E-state index in [1.807, 2.05) is 0 Å². The molecule has 0 unspecified atom stereocenters. The molecule has 1 aliphatic heterocycles. The zero-order valence-corrected chi connectivity index (χ0v) is 10.7. The van der Waals surface area contributed by atoms with Crippen molar-refractivity contribution in [3.63, 3.8) is 0 Å². The van der Waals surface area contributed by atoms with Crippen LogP contribution in [0, 0.1) is 0 Å². The van der Waals surface area contributed by atoms with Crippen molar-refractivity contribution in [1.29, 1.82) is 0 Å². The smallest absolute Gasteiger partial charge is 0.390 e. The molecule has 0 aromatic carbocycles. The summed E-state index contributed by atoms with van der Waals surface area (Å²) in [6.45, 7) is 0.746. The van der Waals surface area contributed by atoms with Gasteiger partial charge in [-0.05, 0) is 6.42 Å². The third-order valence-corrected chi connectivity index (χ3v) is 2.88. The number of β-amino-alcohol motifs (C(OH)–C–C–N with tert-alkyl or cyclic N) is 1. The molecule has 1 fully saturated rings. The van der Waals surface area contributed by atoms with Crippen LogP contribution in [0.15, 0.2) is 12.4 Å². The van der Waals surface area contributed by atoms with E-state index in [0.717, 1.165) is 12.4 Å². The van der Waals surface area contributed by atoms with Crippen LogP contribution in [0.5, 0.6) is 0 Å². The van der Waals surface area contributed by atoms with Gasteiger partial charge in [0.1, 0.15) is 0 Å². The maximum Gasteiger partial charge on any atom is 0.419 e. The van der Waals surface area contributed by atoms with Gasteiger partial charge in [0.25, 0.3) is 0 Å². The van der Waals surface area contributed by atoms with E-state index in [4.69, 9.17) is 5.73 Å². The SMILES string of the molecule is Cl.N[C@@H]1CCN(c2ncc(C(F)(F)F)cn2)C[C@@H]1O. The Balaban J connectivity index is 0.00000180. The molecule has 9 heteroatoms. The summed E-state index contributed by atoms with van der Waals surface area (Å²) in [5, 5.41) is 9.59. The van der Waals surface area contributed by atoms with Gasteiger partial charge in [-0.1, -0.05) is 0 Å². The fourth-order valence-electron chi connectivity index (χ4n) is 1.76. The molecule has 0 radical (unpaired) electrons. The average molecular weight is 299 g/mol. The van der Waals surface area contributed by atoms with Crippen LogP contribution < -0.4 is 10.6 Å². The molecule has 5 nitrogen and oxygen atoms in total. The minimum Gasteiger partial charge on any atom is -0.390 e. The van der Waals surface area contributed by atoms with Crippen LogP contribution in [0.4, 0.5) is 19.1 Å². The van der Waals surface area contributed by atoms with Gasteiger partial charge in [0, 0.05) is 31.5 Å². The predicted octanol–water partition coefficient (Wildman–Crippen LogP) is 0.815. The molecule has 1 aromatic rings. The van der Waals surface area contributed by atoms with Crippen LogP contribution in [-0.2, 0) is 6.18 Å². The summed E-state index contributed by atoms with van der Waals surface area (Å²) < 4.78 is 37.0. The van der Waals surface area contributed by atoms with Gasteiger partial charge in [0.15, 0.2) is 0 Å². The number of rotatable bonds is 1. The molecule has 19 heavy (non-hydrogen) atoms. The number of nitrogens with zero attached hydrogens (tertiary/aromatic N) is 3. The molecule has 0 aliphatic carbocycles. The number of nitrogens with two attached hydrogens (primary N) is 1. The first kappa shape index (κ1) is 15.9. The van der Waals surface area contributed by atoms with Gasteiger partial charge < -0.3 is 15.7 Å². The van der Waals surface area contributed by atoms with Crippen LogP contribution >= 0.6 is 12.4 Å². The Morgan fingerprint density at radius 2 is 1.89 bits per heavy atom. The third-order valence-electron chi connectivity index (χ3n) is 2.88. The summed E-state index contributed by atoms with van der Waals surface area (Å²) in [4.78, 5) is 8.96. The summed E-state index contributed by atoms with van der Waals surface area (Å²) in [6, 6.07) is -0.310. The second-order valence-corrected chi connectivity index (χ2v) is 4.24. The molecule has 1 aromatic heterocycles. The van der Waals surface area contributed by atoms with E-state index in [2.05, 4.69) is 9.97 Å². The van der Waals surface area contributed by atoms with Gasteiger partial charge in [0.05, 0.1) is 11.7 Å². The monoisotopic (exact) mass is 298 g/mol. The number of alkyl halides is 3. The van der Waals surface area contributed by atoms with Gasteiger partial charge in [-0.3, -0.25) is 0 Å². The topological polar surface area (TPSA) is 75.3 Å². The molecule has 2 atom stereocenters. The van der Waals surface area contributed by atoms with Crippen molar-refractivity contribution in [2.45, 2.75) is 24.7 Å².